The number of ether oxygens (including phenoxy) is 1. The second-order valence-corrected chi connectivity index (χ2v) is 8.93. The molecular weight excluding hydrogens is 442 g/mol. The third-order valence-electron chi connectivity index (χ3n) is 4.52. The van der Waals surface area contributed by atoms with E-state index in [2.05, 4.69) is 15.2 Å². The van der Waals surface area contributed by atoms with Gasteiger partial charge in [-0.15, -0.1) is 21.5 Å². The van der Waals surface area contributed by atoms with E-state index in [1.165, 1.54) is 23.1 Å². The lowest BCUT2D eigenvalue weighted by Crippen LogP contribution is -2.13. The Labute approximate surface area is 186 Å². The monoisotopic (exact) mass is 461 g/mol. The van der Waals surface area contributed by atoms with Crippen molar-refractivity contribution in [1.82, 2.24) is 24.1 Å². The van der Waals surface area contributed by atoms with Crippen LogP contribution in [0, 0.1) is 6.92 Å². The molecule has 1 aromatic carbocycles. The van der Waals surface area contributed by atoms with Crippen LogP contribution in [-0.2, 0) is 12.3 Å². The molecule has 1 atom stereocenters. The van der Waals surface area contributed by atoms with Gasteiger partial charge in [-0.1, -0.05) is 29.4 Å². The number of nitrogens with zero attached hydrogens (tertiary/aromatic N) is 5. The summed E-state index contributed by atoms with van der Waals surface area (Å²) in [6.07, 6.45) is 1.41. The van der Waals surface area contributed by atoms with E-state index < -0.39 is 0 Å². The molecule has 0 amide bonds. The molecule has 1 unspecified atom stereocenters. The zero-order chi connectivity index (χ0) is 21.3. The summed E-state index contributed by atoms with van der Waals surface area (Å²) in [4.78, 5) is 17.4. The van der Waals surface area contributed by atoms with E-state index in [0.29, 0.717) is 28.0 Å². The first-order valence-electron chi connectivity index (χ1n) is 9.40. The molecule has 0 fully saturated rings. The lowest BCUT2D eigenvalue weighted by atomic mass is 10.2. The molecule has 3 heterocycles. The molecule has 7 nitrogen and oxygen atoms in total. The summed E-state index contributed by atoms with van der Waals surface area (Å²) in [5.41, 5.74) is 1.71. The highest BCUT2D eigenvalue weighted by Crippen LogP contribution is 2.31. The average Bonchev–Trinajstić information content (AvgIpc) is 3.36. The van der Waals surface area contributed by atoms with Gasteiger partial charge >= 0.3 is 0 Å². The Morgan fingerprint density at radius 1 is 1.30 bits per heavy atom. The topological polar surface area (TPSA) is 74.3 Å². The molecule has 0 bridgehead atoms. The molecule has 4 rings (SSSR count). The lowest BCUT2D eigenvalue weighted by molar-refractivity contribution is 0.210. The molecule has 0 aliphatic rings. The van der Waals surface area contributed by atoms with Gasteiger partial charge in [-0.05, 0) is 38.5 Å². The molecule has 0 N–H and O–H groups in total. The third-order valence-corrected chi connectivity index (χ3v) is 6.59. The molecule has 3 aromatic heterocycles. The number of fused-ring (bicyclic) bond motifs is 1. The maximum absolute atomic E-state index is 12.2. The number of thioether (sulfide) groups is 1. The normalized spacial score (nSPS) is 12.4. The fourth-order valence-electron chi connectivity index (χ4n) is 3.05. The Hall–Kier alpha value is -2.36. The largest absolute Gasteiger partial charge is 0.481 e. The Bertz CT molecular complexity index is 1250. The first-order chi connectivity index (χ1) is 14.5. The van der Waals surface area contributed by atoms with Gasteiger partial charge in [-0.25, -0.2) is 4.98 Å². The first kappa shape index (κ1) is 20.9. The van der Waals surface area contributed by atoms with E-state index in [9.17, 15) is 4.79 Å². The van der Waals surface area contributed by atoms with Gasteiger partial charge in [0.2, 0.25) is 0 Å². The van der Waals surface area contributed by atoms with Crippen LogP contribution in [0.1, 0.15) is 37.0 Å². The van der Waals surface area contributed by atoms with E-state index >= 15 is 0 Å². The predicted octanol–water partition coefficient (Wildman–Crippen LogP) is 4.76. The Morgan fingerprint density at radius 3 is 2.93 bits per heavy atom. The summed E-state index contributed by atoms with van der Waals surface area (Å²) in [6, 6.07) is 7.24. The molecule has 0 saturated heterocycles. The highest BCUT2D eigenvalue weighted by atomic mass is 35.5. The van der Waals surface area contributed by atoms with Crippen molar-refractivity contribution < 1.29 is 4.74 Å². The fourth-order valence-corrected chi connectivity index (χ4v) is 4.85. The summed E-state index contributed by atoms with van der Waals surface area (Å²) in [7, 11) is 0. The van der Waals surface area contributed by atoms with E-state index in [4.69, 9.17) is 16.3 Å². The number of hydrogen-bond acceptors (Lipinski definition) is 7. The van der Waals surface area contributed by atoms with Gasteiger partial charge in [-0.3, -0.25) is 9.20 Å². The number of benzene rings is 1. The molecule has 0 aliphatic heterocycles. The van der Waals surface area contributed by atoms with Gasteiger partial charge in [0.25, 0.3) is 5.56 Å². The fraction of sp³-hybridized carbons (Fsp3) is 0.300. The van der Waals surface area contributed by atoms with Crippen molar-refractivity contribution in [2.24, 2.45) is 0 Å². The Morgan fingerprint density at radius 2 is 2.13 bits per heavy atom. The number of aryl methyl sites for hydroxylation is 1. The average molecular weight is 462 g/mol. The minimum Gasteiger partial charge on any atom is -0.481 e. The van der Waals surface area contributed by atoms with Crippen LogP contribution >= 0.6 is 34.7 Å². The van der Waals surface area contributed by atoms with Crippen molar-refractivity contribution in [3.8, 4) is 5.75 Å². The van der Waals surface area contributed by atoms with Gasteiger partial charge in [0.1, 0.15) is 5.75 Å². The van der Waals surface area contributed by atoms with Crippen LogP contribution in [0.5, 0.6) is 5.75 Å². The molecule has 156 valence electrons. The highest BCUT2D eigenvalue weighted by molar-refractivity contribution is 7.98. The minimum absolute atomic E-state index is 0.0773. The van der Waals surface area contributed by atoms with E-state index in [1.54, 1.807) is 16.7 Å². The zero-order valence-corrected chi connectivity index (χ0v) is 19.1. The second kappa shape index (κ2) is 8.79. The molecule has 0 spiro atoms. The van der Waals surface area contributed by atoms with Gasteiger partial charge in [0.15, 0.2) is 22.0 Å². The van der Waals surface area contributed by atoms with Crippen LogP contribution in [0.25, 0.3) is 4.96 Å². The van der Waals surface area contributed by atoms with E-state index in [0.717, 1.165) is 22.2 Å². The maximum Gasteiger partial charge on any atom is 0.258 e. The third kappa shape index (κ3) is 4.23. The highest BCUT2D eigenvalue weighted by Gasteiger charge is 2.20. The molecule has 10 heteroatoms. The summed E-state index contributed by atoms with van der Waals surface area (Å²) in [6.45, 7) is 6.65. The van der Waals surface area contributed by atoms with Crippen molar-refractivity contribution in [3.63, 3.8) is 0 Å². The number of halogens is 1. The van der Waals surface area contributed by atoms with Crippen LogP contribution in [0.4, 0.5) is 0 Å². The lowest BCUT2D eigenvalue weighted by Gasteiger charge is -2.16. The Kier molecular flexibility index (Phi) is 6.12. The van der Waals surface area contributed by atoms with Crippen molar-refractivity contribution >= 4 is 39.7 Å². The number of hydrogen-bond donors (Lipinski definition) is 0. The standard InChI is InChI=1S/C20H20ClN5O2S2/c1-4-25-18(13(3)28-16-9-12(2)5-6-15(16)21)23-24-20(25)30-11-14-10-17(27)26-7-8-29-19(26)22-14/h5-10,13H,4,11H2,1-3H3. The number of thiazole rings is 1. The molecular formula is C20H20ClN5O2S2. The molecule has 4 aromatic rings. The minimum atomic E-state index is -0.323. The van der Waals surface area contributed by atoms with Gasteiger partial charge in [0.05, 0.1) is 10.7 Å². The van der Waals surface area contributed by atoms with Gasteiger partial charge in [-0.2, -0.15) is 0 Å². The van der Waals surface area contributed by atoms with Crippen LogP contribution in [-0.4, -0.2) is 24.1 Å². The molecule has 0 radical (unpaired) electrons. The van der Waals surface area contributed by atoms with E-state index in [1.807, 2.05) is 48.9 Å². The second-order valence-electron chi connectivity index (χ2n) is 6.71. The smallest absolute Gasteiger partial charge is 0.258 e. The number of aromatic nitrogens is 5. The quantitative estimate of drug-likeness (QED) is 0.369. The van der Waals surface area contributed by atoms with Crippen molar-refractivity contribution in [1.29, 1.82) is 0 Å². The first-order valence-corrected chi connectivity index (χ1v) is 11.6. The van der Waals surface area contributed by atoms with Crippen molar-refractivity contribution in [3.05, 3.63) is 68.3 Å². The summed E-state index contributed by atoms with van der Waals surface area (Å²) >= 11 is 9.20. The van der Waals surface area contributed by atoms with Gasteiger partial charge < -0.3 is 9.30 Å². The summed E-state index contributed by atoms with van der Waals surface area (Å²) in [5, 5.41) is 11.8. The molecule has 0 aliphatic carbocycles. The molecule has 30 heavy (non-hydrogen) atoms. The summed E-state index contributed by atoms with van der Waals surface area (Å²) in [5.74, 6) is 1.87. The maximum atomic E-state index is 12.2. The Balaban J connectivity index is 1.52. The zero-order valence-electron chi connectivity index (χ0n) is 16.7. The SMILES string of the molecule is CCn1c(SCc2cc(=O)n3ccsc3n2)nnc1C(C)Oc1cc(C)ccc1Cl. The van der Waals surface area contributed by atoms with Gasteiger partial charge in [0, 0.05) is 29.9 Å². The predicted molar refractivity (Wildman–Crippen MR) is 120 cm³/mol. The summed E-state index contributed by atoms with van der Waals surface area (Å²) < 4.78 is 9.62. The van der Waals surface area contributed by atoms with Crippen molar-refractivity contribution in [2.75, 3.05) is 0 Å². The van der Waals surface area contributed by atoms with Crippen LogP contribution < -0.4 is 10.3 Å². The van der Waals surface area contributed by atoms with E-state index in [-0.39, 0.29) is 11.7 Å². The van der Waals surface area contributed by atoms with Crippen LogP contribution in [0.3, 0.4) is 0 Å². The number of rotatable bonds is 7. The van der Waals surface area contributed by atoms with Crippen LogP contribution in [0.2, 0.25) is 5.02 Å². The molecule has 0 saturated carbocycles. The van der Waals surface area contributed by atoms with Crippen LogP contribution in [0.15, 0.2) is 45.8 Å². The van der Waals surface area contributed by atoms with Crippen molar-refractivity contribution in [2.45, 2.75) is 44.3 Å².